The molecule has 3 rings (SSSR count). The summed E-state index contributed by atoms with van der Waals surface area (Å²) in [5.41, 5.74) is 2.61. The van der Waals surface area contributed by atoms with Gasteiger partial charge in [0.2, 0.25) is 0 Å². The third-order valence-electron chi connectivity index (χ3n) is 3.43. The molecule has 2 heterocycles. The summed E-state index contributed by atoms with van der Waals surface area (Å²) < 4.78 is 6.96. The Morgan fingerprint density at radius 2 is 2.22 bits per heavy atom. The van der Waals surface area contributed by atoms with Gasteiger partial charge >= 0.3 is 0 Å². The average Bonchev–Trinajstić information content (AvgIpc) is 2.99. The molecule has 1 aliphatic heterocycles. The summed E-state index contributed by atoms with van der Waals surface area (Å²) in [6, 6.07) is 8.60. The van der Waals surface area contributed by atoms with Crippen LogP contribution in [0.5, 0.6) is 5.75 Å². The van der Waals surface area contributed by atoms with Crippen LogP contribution in [0.25, 0.3) is 0 Å². The van der Waals surface area contributed by atoms with Gasteiger partial charge in [-0.15, -0.1) is 0 Å². The lowest BCUT2D eigenvalue weighted by molar-refractivity contribution is 0.304. The average molecular weight is 324 g/mol. The Kier molecular flexibility index (Phi) is 3.41. The van der Waals surface area contributed by atoms with Crippen LogP contribution < -0.4 is 10.1 Å². The highest BCUT2D eigenvalue weighted by Gasteiger charge is 2.32. The van der Waals surface area contributed by atoms with Crippen molar-refractivity contribution >= 4 is 27.3 Å². The Morgan fingerprint density at radius 3 is 2.94 bits per heavy atom. The minimum absolute atomic E-state index is 0.286. The molecule has 0 bridgehead atoms. The maximum Gasteiger partial charge on any atom is 0.122 e. The van der Waals surface area contributed by atoms with Gasteiger partial charge in [0.1, 0.15) is 5.75 Å². The maximum atomic E-state index is 5.78. The van der Waals surface area contributed by atoms with E-state index in [1.165, 1.54) is 15.6 Å². The molecular weight excluding hydrogens is 310 g/mol. The Hall–Kier alpha value is -0.840. The quantitative estimate of drug-likeness (QED) is 0.923. The van der Waals surface area contributed by atoms with Crippen LogP contribution in [0.15, 0.2) is 39.5 Å². The number of fused-ring (bicyclic) bond motifs is 1. The van der Waals surface area contributed by atoms with Crippen molar-refractivity contribution in [2.24, 2.45) is 0 Å². The van der Waals surface area contributed by atoms with Crippen molar-refractivity contribution in [1.29, 1.82) is 0 Å². The van der Waals surface area contributed by atoms with E-state index in [2.05, 4.69) is 44.1 Å². The molecule has 2 aromatic rings. The monoisotopic (exact) mass is 323 g/mol. The van der Waals surface area contributed by atoms with Crippen molar-refractivity contribution in [3.05, 3.63) is 50.6 Å². The van der Waals surface area contributed by atoms with Gasteiger partial charge in [-0.05, 0) is 40.0 Å². The summed E-state index contributed by atoms with van der Waals surface area (Å²) in [4.78, 5) is 0. The van der Waals surface area contributed by atoms with Gasteiger partial charge in [-0.25, -0.2) is 0 Å². The number of benzene rings is 1. The fourth-order valence-electron chi connectivity index (χ4n) is 2.55. The molecule has 1 N–H and O–H groups in total. The minimum atomic E-state index is 0.286. The van der Waals surface area contributed by atoms with Gasteiger partial charge < -0.3 is 10.1 Å². The standard InChI is InChI=1S/C14H14BrNOS/c1-16-14(11-7-18-8-12(11)15)10-6-17-13-5-3-2-4-9(10)13/h2-5,7-8,10,14,16H,6H2,1H3. The lowest BCUT2D eigenvalue weighted by Crippen LogP contribution is -2.24. The number of hydrogen-bond acceptors (Lipinski definition) is 3. The smallest absolute Gasteiger partial charge is 0.122 e. The first-order chi connectivity index (χ1) is 8.81. The van der Waals surface area contributed by atoms with E-state index < -0.39 is 0 Å². The lowest BCUT2D eigenvalue weighted by atomic mass is 9.90. The van der Waals surface area contributed by atoms with Gasteiger partial charge in [-0.3, -0.25) is 0 Å². The van der Waals surface area contributed by atoms with E-state index in [0.29, 0.717) is 5.92 Å². The molecule has 2 unspecified atom stereocenters. The molecular formula is C14H14BrNOS. The molecule has 1 aliphatic rings. The molecule has 1 aromatic heterocycles. The van der Waals surface area contributed by atoms with Crippen LogP contribution in [0.3, 0.4) is 0 Å². The van der Waals surface area contributed by atoms with E-state index in [-0.39, 0.29) is 6.04 Å². The van der Waals surface area contributed by atoms with Crippen molar-refractivity contribution < 1.29 is 4.74 Å². The normalized spacial score (nSPS) is 19.3. The summed E-state index contributed by atoms with van der Waals surface area (Å²) in [5.74, 6) is 1.39. The SMILES string of the molecule is CNC(c1cscc1Br)C1COc2ccccc21. The molecule has 94 valence electrons. The summed E-state index contributed by atoms with van der Waals surface area (Å²) in [6.07, 6.45) is 0. The lowest BCUT2D eigenvalue weighted by Gasteiger charge is -2.22. The van der Waals surface area contributed by atoms with Crippen molar-refractivity contribution in [1.82, 2.24) is 5.32 Å². The highest BCUT2D eigenvalue weighted by Crippen LogP contribution is 2.43. The van der Waals surface area contributed by atoms with Gasteiger partial charge in [0.25, 0.3) is 0 Å². The highest BCUT2D eigenvalue weighted by molar-refractivity contribution is 9.10. The van der Waals surface area contributed by atoms with Gasteiger partial charge in [0.15, 0.2) is 0 Å². The fraction of sp³-hybridized carbons (Fsp3) is 0.286. The summed E-state index contributed by atoms with van der Waals surface area (Å²) in [5, 5.41) is 7.75. The molecule has 0 aliphatic carbocycles. The van der Waals surface area contributed by atoms with E-state index in [9.17, 15) is 0 Å². The van der Waals surface area contributed by atoms with E-state index in [0.717, 1.165) is 12.4 Å². The predicted molar refractivity (Wildman–Crippen MR) is 78.5 cm³/mol. The number of likely N-dealkylation sites (N-methyl/N-ethyl adjacent to an activating group) is 1. The molecule has 0 amide bonds. The minimum Gasteiger partial charge on any atom is -0.493 e. The van der Waals surface area contributed by atoms with Crippen LogP contribution in [-0.4, -0.2) is 13.7 Å². The van der Waals surface area contributed by atoms with E-state index in [1.54, 1.807) is 11.3 Å². The third-order valence-corrected chi connectivity index (χ3v) is 5.18. The molecule has 0 spiro atoms. The van der Waals surface area contributed by atoms with Gasteiger partial charge in [-0.1, -0.05) is 18.2 Å². The maximum absolute atomic E-state index is 5.78. The molecule has 0 saturated heterocycles. The molecule has 2 nitrogen and oxygen atoms in total. The summed E-state index contributed by atoms with van der Waals surface area (Å²) >= 11 is 5.35. The number of ether oxygens (including phenoxy) is 1. The summed E-state index contributed by atoms with van der Waals surface area (Å²) in [7, 11) is 2.01. The second-order valence-electron chi connectivity index (χ2n) is 4.40. The van der Waals surface area contributed by atoms with Crippen LogP contribution >= 0.6 is 27.3 Å². The van der Waals surface area contributed by atoms with Gasteiger partial charge in [0.05, 0.1) is 6.61 Å². The fourth-order valence-corrected chi connectivity index (χ4v) is 4.13. The molecule has 18 heavy (non-hydrogen) atoms. The first-order valence-corrected chi connectivity index (χ1v) is 7.65. The molecule has 4 heteroatoms. The number of nitrogens with one attached hydrogen (secondary N) is 1. The molecule has 0 fully saturated rings. The van der Waals surface area contributed by atoms with E-state index in [1.807, 2.05) is 19.2 Å². The number of rotatable bonds is 3. The van der Waals surface area contributed by atoms with Crippen molar-refractivity contribution in [3.63, 3.8) is 0 Å². The molecule has 2 atom stereocenters. The number of para-hydroxylation sites is 1. The zero-order valence-corrected chi connectivity index (χ0v) is 12.4. The Labute approximate surface area is 119 Å². The van der Waals surface area contributed by atoms with Crippen molar-refractivity contribution in [2.45, 2.75) is 12.0 Å². The Balaban J connectivity index is 1.98. The number of halogens is 1. The Morgan fingerprint density at radius 1 is 1.39 bits per heavy atom. The van der Waals surface area contributed by atoms with Crippen molar-refractivity contribution in [3.8, 4) is 5.75 Å². The van der Waals surface area contributed by atoms with Crippen LogP contribution in [0.1, 0.15) is 23.1 Å². The first kappa shape index (κ1) is 12.2. The zero-order chi connectivity index (χ0) is 12.5. The van der Waals surface area contributed by atoms with Gasteiger partial charge in [0, 0.05) is 27.4 Å². The second kappa shape index (κ2) is 5.03. The Bertz CT molecular complexity index is 554. The largest absolute Gasteiger partial charge is 0.493 e. The van der Waals surface area contributed by atoms with Crippen LogP contribution in [-0.2, 0) is 0 Å². The van der Waals surface area contributed by atoms with Crippen LogP contribution in [0.4, 0.5) is 0 Å². The molecule has 0 saturated carbocycles. The molecule has 1 aromatic carbocycles. The van der Waals surface area contributed by atoms with Crippen molar-refractivity contribution in [2.75, 3.05) is 13.7 Å². The van der Waals surface area contributed by atoms with E-state index >= 15 is 0 Å². The highest BCUT2D eigenvalue weighted by atomic mass is 79.9. The van der Waals surface area contributed by atoms with Crippen LogP contribution in [0, 0.1) is 0 Å². The zero-order valence-electron chi connectivity index (χ0n) is 10.0. The third kappa shape index (κ3) is 1.98. The number of thiophene rings is 1. The summed E-state index contributed by atoms with van der Waals surface area (Å²) in [6.45, 7) is 0.743. The first-order valence-electron chi connectivity index (χ1n) is 5.92. The van der Waals surface area contributed by atoms with E-state index in [4.69, 9.17) is 4.74 Å². The van der Waals surface area contributed by atoms with Crippen LogP contribution in [0.2, 0.25) is 0 Å². The predicted octanol–water partition coefficient (Wildman–Crippen LogP) is 3.95. The topological polar surface area (TPSA) is 21.3 Å². The number of hydrogen-bond donors (Lipinski definition) is 1. The second-order valence-corrected chi connectivity index (χ2v) is 5.99. The molecule has 0 radical (unpaired) electrons. The van der Waals surface area contributed by atoms with Gasteiger partial charge in [-0.2, -0.15) is 11.3 Å².